The highest BCUT2D eigenvalue weighted by molar-refractivity contribution is 5.94. The third-order valence-electron chi connectivity index (χ3n) is 3.82. The molecule has 0 fully saturated rings. The van der Waals surface area contributed by atoms with Gasteiger partial charge >= 0.3 is 0 Å². The van der Waals surface area contributed by atoms with Gasteiger partial charge in [-0.2, -0.15) is 5.10 Å². The topological polar surface area (TPSA) is 56.1 Å². The van der Waals surface area contributed by atoms with E-state index in [0.717, 1.165) is 16.9 Å². The first-order valence-corrected chi connectivity index (χ1v) is 7.66. The number of aryl methyl sites for hydroxylation is 1. The molecule has 1 aromatic heterocycles. The Bertz CT molecular complexity index is 810. The largest absolute Gasteiger partial charge is 0.497 e. The Labute approximate surface area is 140 Å². The molecule has 0 unspecified atom stereocenters. The minimum Gasteiger partial charge on any atom is -0.497 e. The third kappa shape index (κ3) is 3.46. The summed E-state index contributed by atoms with van der Waals surface area (Å²) in [7, 11) is 3.42. The lowest BCUT2D eigenvalue weighted by Gasteiger charge is -2.20. The molecule has 3 rings (SSSR count). The normalized spacial score (nSPS) is 11.8. The van der Waals surface area contributed by atoms with Gasteiger partial charge in [0.05, 0.1) is 24.9 Å². The molecule has 3 aromatic rings. The van der Waals surface area contributed by atoms with Gasteiger partial charge in [-0.05, 0) is 23.3 Å². The van der Waals surface area contributed by atoms with E-state index in [9.17, 15) is 4.79 Å². The van der Waals surface area contributed by atoms with Crippen molar-refractivity contribution in [1.29, 1.82) is 0 Å². The molecule has 24 heavy (non-hydrogen) atoms. The van der Waals surface area contributed by atoms with E-state index in [-0.39, 0.29) is 11.9 Å². The highest BCUT2D eigenvalue weighted by atomic mass is 16.5. The van der Waals surface area contributed by atoms with E-state index in [1.54, 1.807) is 31.2 Å². The van der Waals surface area contributed by atoms with Gasteiger partial charge in [0.1, 0.15) is 5.75 Å². The number of hydrogen-bond acceptors (Lipinski definition) is 3. The van der Waals surface area contributed by atoms with Gasteiger partial charge < -0.3 is 10.1 Å². The number of rotatable bonds is 5. The van der Waals surface area contributed by atoms with Crippen molar-refractivity contribution in [2.24, 2.45) is 7.05 Å². The summed E-state index contributed by atoms with van der Waals surface area (Å²) in [6.45, 7) is 0. The van der Waals surface area contributed by atoms with Gasteiger partial charge in [0.15, 0.2) is 0 Å². The summed E-state index contributed by atoms with van der Waals surface area (Å²) in [5.41, 5.74) is 2.53. The summed E-state index contributed by atoms with van der Waals surface area (Å²) in [6.07, 6.45) is 3.26. The number of nitrogens with one attached hydrogen (secondary N) is 1. The molecule has 1 amide bonds. The number of aromatic nitrogens is 2. The minimum absolute atomic E-state index is 0.159. The van der Waals surface area contributed by atoms with E-state index in [1.165, 1.54) is 0 Å². The molecule has 0 spiro atoms. The molecular weight excluding hydrogens is 302 g/mol. The quantitative estimate of drug-likeness (QED) is 0.786. The Morgan fingerprint density at radius 3 is 2.33 bits per heavy atom. The number of amides is 1. The van der Waals surface area contributed by atoms with Gasteiger partial charge in [0.25, 0.3) is 5.91 Å². The van der Waals surface area contributed by atoms with Crippen LogP contribution in [0.25, 0.3) is 0 Å². The van der Waals surface area contributed by atoms with Crippen LogP contribution in [0, 0.1) is 0 Å². The van der Waals surface area contributed by atoms with Gasteiger partial charge in [0.2, 0.25) is 0 Å². The van der Waals surface area contributed by atoms with Gasteiger partial charge in [-0.3, -0.25) is 9.48 Å². The van der Waals surface area contributed by atoms with Crippen LogP contribution in [0.2, 0.25) is 0 Å². The van der Waals surface area contributed by atoms with Crippen LogP contribution in [0.5, 0.6) is 5.75 Å². The van der Waals surface area contributed by atoms with E-state index >= 15 is 0 Å². The number of carbonyl (C=O) groups is 1. The van der Waals surface area contributed by atoms with Crippen molar-refractivity contribution in [3.05, 3.63) is 83.7 Å². The number of methoxy groups -OCH3 is 1. The van der Waals surface area contributed by atoms with E-state index < -0.39 is 0 Å². The predicted octanol–water partition coefficient (Wildman–Crippen LogP) is 2.95. The Balaban J connectivity index is 1.91. The second kappa shape index (κ2) is 7.00. The van der Waals surface area contributed by atoms with E-state index in [2.05, 4.69) is 10.4 Å². The Kier molecular flexibility index (Phi) is 4.61. The average molecular weight is 321 g/mol. The molecule has 2 aromatic carbocycles. The second-order valence-electron chi connectivity index (χ2n) is 5.49. The maximum absolute atomic E-state index is 12.5. The maximum Gasteiger partial charge on any atom is 0.255 e. The Morgan fingerprint density at radius 2 is 1.75 bits per heavy atom. The van der Waals surface area contributed by atoms with Crippen LogP contribution in [-0.4, -0.2) is 22.8 Å². The summed E-state index contributed by atoms with van der Waals surface area (Å²) in [6, 6.07) is 17.3. The lowest BCUT2D eigenvalue weighted by atomic mass is 9.98. The van der Waals surface area contributed by atoms with Crippen molar-refractivity contribution in [2.45, 2.75) is 6.04 Å². The standard InChI is InChI=1S/C19H19N3O2/c1-22-13-16(12-20-22)19(23)21-18(14-6-4-3-5-7-14)15-8-10-17(24-2)11-9-15/h3-13,18H,1-2H3,(H,21,23)/t18-/m1/s1. The number of carbonyl (C=O) groups excluding carboxylic acids is 1. The molecule has 5 nitrogen and oxygen atoms in total. The highest BCUT2D eigenvalue weighted by Crippen LogP contribution is 2.24. The summed E-state index contributed by atoms with van der Waals surface area (Å²) < 4.78 is 6.82. The van der Waals surface area contributed by atoms with E-state index in [4.69, 9.17) is 4.74 Å². The first-order valence-electron chi connectivity index (χ1n) is 7.66. The third-order valence-corrected chi connectivity index (χ3v) is 3.82. The molecule has 0 aliphatic heterocycles. The molecule has 0 saturated heterocycles. The molecule has 1 heterocycles. The van der Waals surface area contributed by atoms with Crippen LogP contribution < -0.4 is 10.1 Å². The van der Waals surface area contributed by atoms with Gasteiger partial charge in [-0.1, -0.05) is 42.5 Å². The zero-order valence-electron chi connectivity index (χ0n) is 13.6. The van der Waals surface area contributed by atoms with Crippen molar-refractivity contribution < 1.29 is 9.53 Å². The fourth-order valence-electron chi connectivity index (χ4n) is 2.55. The fourth-order valence-corrected chi connectivity index (χ4v) is 2.55. The molecule has 0 saturated carbocycles. The summed E-state index contributed by atoms with van der Waals surface area (Å²) >= 11 is 0. The molecule has 122 valence electrons. The Morgan fingerprint density at radius 1 is 1.08 bits per heavy atom. The van der Waals surface area contributed by atoms with Crippen molar-refractivity contribution in [2.75, 3.05) is 7.11 Å². The molecule has 0 bridgehead atoms. The highest BCUT2D eigenvalue weighted by Gasteiger charge is 2.18. The van der Waals surface area contributed by atoms with Crippen molar-refractivity contribution >= 4 is 5.91 Å². The van der Waals surface area contributed by atoms with Crippen LogP contribution in [0.15, 0.2) is 67.0 Å². The van der Waals surface area contributed by atoms with Crippen LogP contribution in [-0.2, 0) is 7.05 Å². The number of ether oxygens (including phenoxy) is 1. The van der Waals surface area contributed by atoms with Gasteiger partial charge in [-0.15, -0.1) is 0 Å². The van der Waals surface area contributed by atoms with Crippen molar-refractivity contribution in [1.82, 2.24) is 15.1 Å². The number of hydrogen-bond donors (Lipinski definition) is 1. The van der Waals surface area contributed by atoms with Gasteiger partial charge in [0, 0.05) is 13.2 Å². The van der Waals surface area contributed by atoms with Crippen LogP contribution in [0.3, 0.4) is 0 Å². The van der Waals surface area contributed by atoms with Crippen molar-refractivity contribution in [3.63, 3.8) is 0 Å². The second-order valence-corrected chi connectivity index (χ2v) is 5.49. The van der Waals surface area contributed by atoms with Gasteiger partial charge in [-0.25, -0.2) is 0 Å². The van der Waals surface area contributed by atoms with Crippen molar-refractivity contribution in [3.8, 4) is 5.75 Å². The van der Waals surface area contributed by atoms with Crippen LogP contribution in [0.1, 0.15) is 27.5 Å². The number of nitrogens with zero attached hydrogens (tertiary/aromatic N) is 2. The van der Waals surface area contributed by atoms with E-state index in [0.29, 0.717) is 5.56 Å². The SMILES string of the molecule is COc1ccc([C@H](NC(=O)c2cnn(C)c2)c2ccccc2)cc1. The lowest BCUT2D eigenvalue weighted by molar-refractivity contribution is 0.0943. The zero-order chi connectivity index (χ0) is 16.9. The molecule has 1 N–H and O–H groups in total. The smallest absolute Gasteiger partial charge is 0.255 e. The maximum atomic E-state index is 12.5. The molecule has 0 radical (unpaired) electrons. The van der Waals surface area contributed by atoms with Crippen LogP contribution in [0.4, 0.5) is 0 Å². The summed E-state index contributed by atoms with van der Waals surface area (Å²) in [4.78, 5) is 12.5. The van der Waals surface area contributed by atoms with Crippen LogP contribution >= 0.6 is 0 Å². The van der Waals surface area contributed by atoms with E-state index in [1.807, 2.05) is 54.6 Å². The molecular formula is C19H19N3O2. The average Bonchev–Trinajstić information content (AvgIpc) is 3.07. The molecule has 5 heteroatoms. The fraction of sp³-hybridized carbons (Fsp3) is 0.158. The first-order chi connectivity index (χ1) is 11.7. The monoisotopic (exact) mass is 321 g/mol. The molecule has 0 aliphatic rings. The lowest BCUT2D eigenvalue weighted by Crippen LogP contribution is -2.29. The zero-order valence-corrected chi connectivity index (χ0v) is 13.6. The first kappa shape index (κ1) is 15.8. The minimum atomic E-state index is -0.246. The number of benzene rings is 2. The Hall–Kier alpha value is -3.08. The molecule has 0 aliphatic carbocycles. The summed E-state index contributed by atoms with van der Waals surface area (Å²) in [5, 5.41) is 7.14. The molecule has 1 atom stereocenters. The predicted molar refractivity (Wildman–Crippen MR) is 92.0 cm³/mol. The summed E-state index contributed by atoms with van der Waals surface area (Å²) in [5.74, 6) is 0.622.